The molecule has 5 nitrogen and oxygen atoms in total. The maximum atomic E-state index is 13.7. The second-order valence-corrected chi connectivity index (χ2v) is 7.04. The van der Waals surface area contributed by atoms with E-state index in [1.54, 1.807) is 13.8 Å². The van der Waals surface area contributed by atoms with E-state index in [1.165, 1.54) is 12.1 Å². The van der Waals surface area contributed by atoms with Gasteiger partial charge in [0.15, 0.2) is 0 Å². The fourth-order valence-corrected chi connectivity index (χ4v) is 3.58. The number of hydrogen-bond donors (Lipinski definition) is 2. The summed E-state index contributed by atoms with van der Waals surface area (Å²) < 4.78 is 40.8. The van der Waals surface area contributed by atoms with Crippen LogP contribution >= 0.6 is 11.6 Å². The smallest absolute Gasteiger partial charge is 0.335 e. The van der Waals surface area contributed by atoms with Crippen LogP contribution in [0.4, 0.5) is 10.1 Å². The quantitative estimate of drug-likeness (QED) is 0.875. The molecule has 0 atom stereocenters. The number of nitrogens with one attached hydrogen (secondary N) is 1. The van der Waals surface area contributed by atoms with Crippen LogP contribution in [0, 0.1) is 19.7 Å². The first kappa shape index (κ1) is 17.2. The van der Waals surface area contributed by atoms with Crippen molar-refractivity contribution in [1.29, 1.82) is 0 Å². The average Bonchev–Trinajstić information content (AvgIpc) is 2.44. The van der Waals surface area contributed by atoms with E-state index in [0.29, 0.717) is 11.1 Å². The predicted molar refractivity (Wildman–Crippen MR) is 85.1 cm³/mol. The molecule has 2 aromatic carbocycles. The largest absolute Gasteiger partial charge is 0.478 e. The zero-order chi connectivity index (χ0) is 17.4. The molecule has 0 amide bonds. The lowest BCUT2D eigenvalue weighted by atomic mass is 10.1. The number of carboxylic acids is 1. The van der Waals surface area contributed by atoms with Gasteiger partial charge in [-0.2, -0.15) is 0 Å². The van der Waals surface area contributed by atoms with Gasteiger partial charge in [0, 0.05) is 5.02 Å². The zero-order valence-corrected chi connectivity index (χ0v) is 13.8. The first-order chi connectivity index (χ1) is 10.6. The summed E-state index contributed by atoms with van der Waals surface area (Å²) in [5.74, 6) is -2.04. The molecule has 0 heterocycles. The Morgan fingerprint density at radius 3 is 2.48 bits per heavy atom. The van der Waals surface area contributed by atoms with Gasteiger partial charge in [-0.1, -0.05) is 11.6 Å². The van der Waals surface area contributed by atoms with Crippen LogP contribution in [0.1, 0.15) is 21.5 Å². The van der Waals surface area contributed by atoms with Gasteiger partial charge in [-0.25, -0.2) is 17.6 Å². The molecule has 0 bridgehead atoms. The van der Waals surface area contributed by atoms with E-state index >= 15 is 0 Å². The van der Waals surface area contributed by atoms with Crippen molar-refractivity contribution in [3.8, 4) is 0 Å². The van der Waals surface area contributed by atoms with Gasteiger partial charge < -0.3 is 5.11 Å². The van der Waals surface area contributed by atoms with Crippen LogP contribution in [-0.4, -0.2) is 19.5 Å². The molecule has 0 radical (unpaired) electrons. The van der Waals surface area contributed by atoms with E-state index in [2.05, 4.69) is 4.72 Å². The van der Waals surface area contributed by atoms with Crippen LogP contribution in [0.3, 0.4) is 0 Å². The van der Waals surface area contributed by atoms with E-state index in [0.717, 1.165) is 18.2 Å². The molecule has 0 unspecified atom stereocenters. The Kier molecular flexibility index (Phi) is 4.63. The van der Waals surface area contributed by atoms with Crippen molar-refractivity contribution in [2.45, 2.75) is 18.7 Å². The maximum absolute atomic E-state index is 13.7. The molecule has 122 valence electrons. The molecule has 0 aliphatic carbocycles. The van der Waals surface area contributed by atoms with E-state index in [9.17, 15) is 17.6 Å². The van der Waals surface area contributed by atoms with Gasteiger partial charge in [-0.05, 0) is 55.3 Å². The highest BCUT2D eigenvalue weighted by atomic mass is 35.5. The Balaban J connectivity index is 2.56. The van der Waals surface area contributed by atoms with Crippen LogP contribution in [0.15, 0.2) is 35.2 Å². The lowest BCUT2D eigenvalue weighted by Crippen LogP contribution is -2.16. The maximum Gasteiger partial charge on any atom is 0.335 e. The van der Waals surface area contributed by atoms with Gasteiger partial charge in [-0.15, -0.1) is 0 Å². The van der Waals surface area contributed by atoms with Crippen molar-refractivity contribution in [2.24, 2.45) is 0 Å². The summed E-state index contributed by atoms with van der Waals surface area (Å²) in [5, 5.41) is 9.23. The van der Waals surface area contributed by atoms with E-state index in [1.807, 2.05) is 0 Å². The highest BCUT2D eigenvalue weighted by Gasteiger charge is 2.22. The molecule has 0 saturated heterocycles. The lowest BCUT2D eigenvalue weighted by molar-refractivity contribution is 0.0696. The molecule has 23 heavy (non-hydrogen) atoms. The summed E-state index contributed by atoms with van der Waals surface area (Å²) in [6.45, 7) is 3.14. The number of rotatable bonds is 4. The van der Waals surface area contributed by atoms with Gasteiger partial charge in [0.05, 0.1) is 16.1 Å². The Bertz CT molecular complexity index is 897. The molecule has 0 spiro atoms. The van der Waals surface area contributed by atoms with Crippen LogP contribution in [0.2, 0.25) is 5.02 Å². The van der Waals surface area contributed by atoms with Crippen molar-refractivity contribution < 1.29 is 22.7 Å². The molecule has 0 aliphatic heterocycles. The minimum atomic E-state index is -4.17. The topological polar surface area (TPSA) is 83.5 Å². The number of benzene rings is 2. The van der Waals surface area contributed by atoms with Gasteiger partial charge >= 0.3 is 5.97 Å². The zero-order valence-electron chi connectivity index (χ0n) is 12.2. The summed E-state index contributed by atoms with van der Waals surface area (Å²) in [6, 6.07) is 5.87. The normalized spacial score (nSPS) is 11.3. The van der Waals surface area contributed by atoms with Crippen molar-refractivity contribution in [1.82, 2.24) is 0 Å². The SMILES string of the molecule is Cc1cc(C(=O)O)cc(S(=O)(=O)Nc2cc(Cl)ccc2F)c1C. The summed E-state index contributed by atoms with van der Waals surface area (Å²) in [4.78, 5) is 10.9. The Morgan fingerprint density at radius 2 is 1.87 bits per heavy atom. The molecule has 0 aromatic heterocycles. The van der Waals surface area contributed by atoms with Crippen molar-refractivity contribution in [3.63, 3.8) is 0 Å². The molecule has 0 aliphatic rings. The second kappa shape index (κ2) is 6.17. The van der Waals surface area contributed by atoms with Gasteiger partial charge in [0.2, 0.25) is 0 Å². The number of carbonyl (C=O) groups is 1. The summed E-state index contributed by atoms with van der Waals surface area (Å²) in [5.41, 5.74) is 0.400. The lowest BCUT2D eigenvalue weighted by Gasteiger charge is -2.13. The van der Waals surface area contributed by atoms with Gasteiger partial charge in [0.1, 0.15) is 5.82 Å². The Hall–Kier alpha value is -2.12. The fraction of sp³-hybridized carbons (Fsp3) is 0.133. The summed E-state index contributed by atoms with van der Waals surface area (Å²) in [7, 11) is -4.17. The van der Waals surface area contributed by atoms with Gasteiger partial charge in [-0.3, -0.25) is 4.72 Å². The van der Waals surface area contributed by atoms with E-state index < -0.39 is 21.8 Å². The van der Waals surface area contributed by atoms with Crippen LogP contribution < -0.4 is 4.72 Å². The second-order valence-electron chi connectivity index (χ2n) is 4.95. The van der Waals surface area contributed by atoms with Crippen molar-refractivity contribution in [3.05, 3.63) is 57.9 Å². The highest BCUT2D eigenvalue weighted by molar-refractivity contribution is 7.92. The van der Waals surface area contributed by atoms with Crippen molar-refractivity contribution >= 4 is 33.3 Å². The number of aromatic carboxylic acids is 1. The Labute approximate surface area is 137 Å². The molecule has 2 N–H and O–H groups in total. The minimum Gasteiger partial charge on any atom is -0.478 e. The third-order valence-corrected chi connectivity index (χ3v) is 5.06. The summed E-state index contributed by atoms with van der Waals surface area (Å²) >= 11 is 5.74. The number of aryl methyl sites for hydroxylation is 1. The number of hydrogen-bond acceptors (Lipinski definition) is 3. The van der Waals surface area contributed by atoms with E-state index in [4.69, 9.17) is 16.7 Å². The number of carboxylic acid groups (broad SMARTS) is 1. The first-order valence-corrected chi connectivity index (χ1v) is 8.30. The number of halogens is 2. The molecule has 8 heteroatoms. The molecule has 0 fully saturated rings. The summed E-state index contributed by atoms with van der Waals surface area (Å²) in [6.07, 6.45) is 0. The molecular weight excluding hydrogens is 345 g/mol. The molecular formula is C15H13ClFNO4S. The number of sulfonamides is 1. The first-order valence-electron chi connectivity index (χ1n) is 6.44. The van der Waals surface area contributed by atoms with Crippen LogP contribution in [0.5, 0.6) is 0 Å². The highest BCUT2D eigenvalue weighted by Crippen LogP contribution is 2.26. The van der Waals surface area contributed by atoms with Crippen LogP contribution in [0.25, 0.3) is 0 Å². The third-order valence-electron chi connectivity index (χ3n) is 3.33. The van der Waals surface area contributed by atoms with Crippen LogP contribution in [-0.2, 0) is 10.0 Å². The standard InChI is InChI=1S/C15H13ClFNO4S/c1-8-5-10(15(19)20)6-14(9(8)2)23(21,22)18-13-7-11(16)3-4-12(13)17/h3-7,18H,1-2H3,(H,19,20). The predicted octanol–water partition coefficient (Wildman–Crippen LogP) is 3.59. The fourth-order valence-electron chi connectivity index (χ4n) is 2.01. The minimum absolute atomic E-state index is 0.163. The van der Waals surface area contributed by atoms with E-state index in [-0.39, 0.29) is 21.2 Å². The molecule has 2 rings (SSSR count). The van der Waals surface area contributed by atoms with Crippen molar-refractivity contribution in [2.75, 3.05) is 4.72 Å². The third kappa shape index (κ3) is 3.62. The monoisotopic (exact) mass is 357 g/mol. The average molecular weight is 358 g/mol. The van der Waals surface area contributed by atoms with Gasteiger partial charge in [0.25, 0.3) is 10.0 Å². The Morgan fingerprint density at radius 1 is 1.22 bits per heavy atom. The number of anilines is 1. The molecule has 0 saturated carbocycles. The molecule has 2 aromatic rings.